The second kappa shape index (κ2) is 8.59. The van der Waals surface area contributed by atoms with Crippen molar-refractivity contribution in [2.24, 2.45) is 0 Å². The lowest BCUT2D eigenvalue weighted by atomic mass is 10.0. The van der Waals surface area contributed by atoms with Crippen molar-refractivity contribution >= 4 is 54.6 Å². The van der Waals surface area contributed by atoms with Crippen LogP contribution in [-0.4, -0.2) is 23.4 Å². The molecule has 1 aliphatic rings. The molecule has 0 saturated heterocycles. The molecule has 0 unspecified atom stereocenters. The van der Waals surface area contributed by atoms with Crippen LogP contribution in [0.2, 0.25) is 10.0 Å². The number of hydrogen-bond acceptors (Lipinski definition) is 4. The van der Waals surface area contributed by atoms with Crippen LogP contribution in [0.3, 0.4) is 0 Å². The standard InChI is InChI=1S/C22H20Cl2N2O4S2/c1-15-12-22(20(24)14-19(15)23)31(27,28)25-17-10-9-16-6-5-11-26(21(16)13-17)32(29,30)18-7-3-2-4-8-18/h2-4,7-10,12-14,25H,5-6,11H2,1H3. The molecule has 0 spiro atoms. The zero-order chi connectivity index (χ0) is 23.1. The number of aryl methyl sites for hydroxylation is 2. The van der Waals surface area contributed by atoms with Gasteiger partial charge in [-0.1, -0.05) is 47.5 Å². The fourth-order valence-corrected chi connectivity index (χ4v) is 7.06. The molecule has 0 fully saturated rings. The molecule has 4 rings (SSSR count). The molecule has 1 heterocycles. The molecule has 0 atom stereocenters. The minimum absolute atomic E-state index is 0.000609. The molecular formula is C22H20Cl2N2O4S2. The summed E-state index contributed by atoms with van der Waals surface area (Å²) in [6.45, 7) is 1.99. The molecule has 6 nitrogen and oxygen atoms in total. The Kier molecular flexibility index (Phi) is 6.15. The number of sulfonamides is 2. The molecule has 0 bridgehead atoms. The van der Waals surface area contributed by atoms with Gasteiger partial charge in [0.25, 0.3) is 20.0 Å². The molecule has 168 valence electrons. The van der Waals surface area contributed by atoms with Gasteiger partial charge in [-0.3, -0.25) is 9.03 Å². The highest BCUT2D eigenvalue weighted by atomic mass is 35.5. The van der Waals surface area contributed by atoms with Gasteiger partial charge >= 0.3 is 0 Å². The van der Waals surface area contributed by atoms with Gasteiger partial charge in [-0.2, -0.15) is 0 Å². The summed E-state index contributed by atoms with van der Waals surface area (Å²) in [6.07, 6.45) is 1.37. The highest BCUT2D eigenvalue weighted by Crippen LogP contribution is 2.35. The number of anilines is 2. The molecule has 0 aliphatic carbocycles. The molecule has 0 radical (unpaired) electrons. The first-order valence-corrected chi connectivity index (χ1v) is 13.5. The van der Waals surface area contributed by atoms with E-state index in [0.29, 0.717) is 35.7 Å². The normalized spacial score (nSPS) is 14.2. The third-order valence-corrected chi connectivity index (χ3v) is 9.33. The molecule has 0 amide bonds. The van der Waals surface area contributed by atoms with Gasteiger partial charge in [-0.15, -0.1) is 0 Å². The van der Waals surface area contributed by atoms with Crippen molar-refractivity contribution in [1.82, 2.24) is 0 Å². The van der Waals surface area contributed by atoms with Gasteiger partial charge in [0.15, 0.2) is 0 Å². The molecule has 32 heavy (non-hydrogen) atoms. The van der Waals surface area contributed by atoms with Crippen molar-refractivity contribution in [3.63, 3.8) is 0 Å². The highest BCUT2D eigenvalue weighted by Gasteiger charge is 2.30. The van der Waals surface area contributed by atoms with E-state index in [-0.39, 0.29) is 20.5 Å². The Labute approximate surface area is 197 Å². The van der Waals surface area contributed by atoms with Crippen LogP contribution in [-0.2, 0) is 26.5 Å². The van der Waals surface area contributed by atoms with Crippen molar-refractivity contribution < 1.29 is 16.8 Å². The number of halogens is 2. The summed E-state index contributed by atoms with van der Waals surface area (Å²) < 4.78 is 56.3. The lowest BCUT2D eigenvalue weighted by molar-refractivity contribution is 0.586. The summed E-state index contributed by atoms with van der Waals surface area (Å²) >= 11 is 12.2. The average molecular weight is 511 g/mol. The molecular weight excluding hydrogens is 491 g/mol. The Morgan fingerprint density at radius 2 is 1.62 bits per heavy atom. The average Bonchev–Trinajstić information content (AvgIpc) is 2.76. The number of nitrogens with one attached hydrogen (secondary N) is 1. The van der Waals surface area contributed by atoms with Crippen LogP contribution in [0.25, 0.3) is 0 Å². The lowest BCUT2D eigenvalue weighted by Crippen LogP contribution is -2.35. The first-order valence-electron chi connectivity index (χ1n) is 9.79. The predicted molar refractivity (Wildman–Crippen MR) is 128 cm³/mol. The van der Waals surface area contributed by atoms with E-state index >= 15 is 0 Å². The first-order chi connectivity index (χ1) is 15.1. The second-order valence-electron chi connectivity index (χ2n) is 7.47. The smallest absolute Gasteiger partial charge is 0.264 e. The van der Waals surface area contributed by atoms with Crippen LogP contribution in [0.4, 0.5) is 11.4 Å². The number of rotatable bonds is 5. The van der Waals surface area contributed by atoms with Gasteiger partial charge in [0, 0.05) is 11.6 Å². The van der Waals surface area contributed by atoms with Crippen LogP contribution >= 0.6 is 23.2 Å². The van der Waals surface area contributed by atoms with E-state index in [4.69, 9.17) is 23.2 Å². The van der Waals surface area contributed by atoms with Crippen LogP contribution in [0.1, 0.15) is 17.5 Å². The van der Waals surface area contributed by atoms with Crippen molar-refractivity contribution in [3.05, 3.63) is 81.8 Å². The van der Waals surface area contributed by atoms with E-state index < -0.39 is 20.0 Å². The van der Waals surface area contributed by atoms with Gasteiger partial charge in [-0.25, -0.2) is 16.8 Å². The minimum atomic E-state index is -4.02. The topological polar surface area (TPSA) is 83.6 Å². The quantitative estimate of drug-likeness (QED) is 0.508. The fraction of sp³-hybridized carbons (Fsp3) is 0.182. The zero-order valence-electron chi connectivity index (χ0n) is 17.0. The van der Waals surface area contributed by atoms with E-state index in [0.717, 1.165) is 5.56 Å². The largest absolute Gasteiger partial charge is 0.280 e. The maximum absolute atomic E-state index is 13.2. The zero-order valence-corrected chi connectivity index (χ0v) is 20.2. The Balaban J connectivity index is 1.72. The number of hydrogen-bond donors (Lipinski definition) is 1. The Morgan fingerprint density at radius 3 is 2.34 bits per heavy atom. The monoisotopic (exact) mass is 510 g/mol. The van der Waals surface area contributed by atoms with Crippen LogP contribution in [0.5, 0.6) is 0 Å². The molecule has 1 aliphatic heterocycles. The molecule has 3 aromatic rings. The van der Waals surface area contributed by atoms with Gasteiger partial charge < -0.3 is 0 Å². The summed E-state index contributed by atoms with van der Waals surface area (Å²) in [7, 11) is -7.81. The van der Waals surface area contributed by atoms with E-state index in [1.807, 2.05) is 0 Å². The maximum atomic E-state index is 13.2. The molecule has 3 aromatic carbocycles. The van der Waals surface area contributed by atoms with E-state index in [1.165, 1.54) is 16.4 Å². The molecule has 1 N–H and O–H groups in total. The lowest BCUT2D eigenvalue weighted by Gasteiger charge is -2.31. The van der Waals surface area contributed by atoms with Crippen molar-refractivity contribution in [1.29, 1.82) is 0 Å². The number of nitrogens with zero attached hydrogens (tertiary/aromatic N) is 1. The first kappa shape index (κ1) is 22.9. The van der Waals surface area contributed by atoms with Crippen molar-refractivity contribution in [2.45, 2.75) is 29.6 Å². The fourth-order valence-electron chi connectivity index (χ4n) is 3.62. The Hall–Kier alpha value is -2.26. The van der Waals surface area contributed by atoms with Crippen LogP contribution in [0.15, 0.2) is 70.5 Å². The third kappa shape index (κ3) is 4.32. The van der Waals surface area contributed by atoms with Crippen molar-refractivity contribution in [2.75, 3.05) is 15.6 Å². The SMILES string of the molecule is Cc1cc(S(=O)(=O)Nc2ccc3c(c2)N(S(=O)(=O)c2ccccc2)CCC3)c(Cl)cc1Cl. The Morgan fingerprint density at radius 1 is 0.906 bits per heavy atom. The predicted octanol–water partition coefficient (Wildman–Crippen LogP) is 5.24. The van der Waals surface area contributed by atoms with E-state index in [2.05, 4.69) is 4.72 Å². The van der Waals surface area contributed by atoms with Gasteiger partial charge in [-0.05, 0) is 67.3 Å². The summed E-state index contributed by atoms with van der Waals surface area (Å²) in [5.74, 6) is 0. The van der Waals surface area contributed by atoms with Gasteiger partial charge in [0.2, 0.25) is 0 Å². The van der Waals surface area contributed by atoms with E-state index in [9.17, 15) is 16.8 Å². The molecule has 0 saturated carbocycles. The number of fused-ring (bicyclic) bond motifs is 1. The van der Waals surface area contributed by atoms with Crippen LogP contribution < -0.4 is 9.03 Å². The summed E-state index contributed by atoms with van der Waals surface area (Å²) in [5.41, 5.74) is 2.10. The summed E-state index contributed by atoms with van der Waals surface area (Å²) in [5, 5.41) is 0.365. The minimum Gasteiger partial charge on any atom is -0.280 e. The van der Waals surface area contributed by atoms with Gasteiger partial charge in [0.1, 0.15) is 4.90 Å². The molecule has 10 heteroatoms. The van der Waals surface area contributed by atoms with Crippen molar-refractivity contribution in [3.8, 4) is 0 Å². The Bertz CT molecular complexity index is 1390. The maximum Gasteiger partial charge on any atom is 0.264 e. The number of benzene rings is 3. The van der Waals surface area contributed by atoms with E-state index in [1.54, 1.807) is 55.5 Å². The third-order valence-electron chi connectivity index (χ3n) is 5.25. The second-order valence-corrected chi connectivity index (χ2v) is 11.8. The summed E-state index contributed by atoms with van der Waals surface area (Å²) in [6, 6.07) is 15.9. The summed E-state index contributed by atoms with van der Waals surface area (Å²) in [4.78, 5) is 0.0785. The highest BCUT2D eigenvalue weighted by molar-refractivity contribution is 7.93. The van der Waals surface area contributed by atoms with Gasteiger partial charge in [0.05, 0.1) is 21.3 Å². The van der Waals surface area contributed by atoms with Crippen LogP contribution in [0, 0.1) is 6.92 Å². The molecule has 0 aromatic heterocycles.